The zero-order valence-corrected chi connectivity index (χ0v) is 11.0. The van der Waals surface area contributed by atoms with Crippen LogP contribution in [0.1, 0.15) is 22.5 Å². The van der Waals surface area contributed by atoms with Crippen LogP contribution >= 0.6 is 11.3 Å². The monoisotopic (exact) mass is 288 g/mol. The summed E-state index contributed by atoms with van der Waals surface area (Å²) >= 11 is 1.07. The Morgan fingerprint density at radius 3 is 2.67 bits per heavy atom. The van der Waals surface area contributed by atoms with Gasteiger partial charge >= 0.3 is 0 Å². The number of primary amides is 1. The van der Waals surface area contributed by atoms with Gasteiger partial charge in [0.05, 0.1) is 9.77 Å². The van der Waals surface area contributed by atoms with Gasteiger partial charge in [-0.1, -0.05) is 0 Å². The highest BCUT2D eigenvalue weighted by molar-refractivity contribution is 7.89. The summed E-state index contributed by atoms with van der Waals surface area (Å²) in [6.45, 7) is 0. The molecule has 1 fully saturated rings. The fraction of sp³-hybridized carbons (Fsp3) is 0.400. The summed E-state index contributed by atoms with van der Waals surface area (Å²) in [4.78, 5) is 21.8. The zero-order chi connectivity index (χ0) is 13.3. The SMILES string of the molecule is NC(=O)C1CC(NS(=O)(=O)c2csc(C=O)c2)C1. The van der Waals surface area contributed by atoms with Crippen LogP contribution in [-0.4, -0.2) is 26.7 Å². The molecule has 0 spiro atoms. The first-order valence-corrected chi connectivity index (χ1v) is 7.64. The number of aldehydes is 1. The van der Waals surface area contributed by atoms with Crippen molar-refractivity contribution in [2.24, 2.45) is 11.7 Å². The van der Waals surface area contributed by atoms with E-state index in [-0.39, 0.29) is 16.9 Å². The minimum Gasteiger partial charge on any atom is -0.369 e. The highest BCUT2D eigenvalue weighted by Crippen LogP contribution is 2.28. The molecule has 8 heteroatoms. The largest absolute Gasteiger partial charge is 0.369 e. The summed E-state index contributed by atoms with van der Waals surface area (Å²) in [7, 11) is -3.61. The van der Waals surface area contributed by atoms with E-state index in [9.17, 15) is 18.0 Å². The molecule has 3 N–H and O–H groups in total. The third-order valence-electron chi connectivity index (χ3n) is 2.88. The molecule has 18 heavy (non-hydrogen) atoms. The van der Waals surface area contributed by atoms with Crippen molar-refractivity contribution in [2.75, 3.05) is 0 Å². The van der Waals surface area contributed by atoms with Gasteiger partial charge in [-0.05, 0) is 18.9 Å². The number of hydrogen-bond donors (Lipinski definition) is 2. The van der Waals surface area contributed by atoms with Crippen molar-refractivity contribution in [2.45, 2.75) is 23.8 Å². The minimum atomic E-state index is -3.61. The molecule has 0 bridgehead atoms. The van der Waals surface area contributed by atoms with Gasteiger partial charge in [0.25, 0.3) is 0 Å². The van der Waals surface area contributed by atoms with E-state index in [1.165, 1.54) is 11.4 Å². The van der Waals surface area contributed by atoms with Crippen molar-refractivity contribution in [3.05, 3.63) is 16.3 Å². The van der Waals surface area contributed by atoms with E-state index in [4.69, 9.17) is 5.73 Å². The van der Waals surface area contributed by atoms with E-state index in [0.29, 0.717) is 24.0 Å². The Kier molecular flexibility index (Phi) is 3.51. The predicted molar refractivity (Wildman–Crippen MR) is 65.7 cm³/mol. The molecule has 1 saturated carbocycles. The molecule has 0 aliphatic heterocycles. The zero-order valence-electron chi connectivity index (χ0n) is 9.33. The number of carbonyl (C=O) groups excluding carboxylic acids is 2. The first-order valence-electron chi connectivity index (χ1n) is 5.27. The molecular weight excluding hydrogens is 276 g/mol. The fourth-order valence-electron chi connectivity index (χ4n) is 1.77. The number of carbonyl (C=O) groups is 2. The number of thiophene rings is 1. The number of nitrogens with two attached hydrogens (primary N) is 1. The molecule has 0 atom stereocenters. The molecule has 6 nitrogen and oxygen atoms in total. The maximum atomic E-state index is 11.9. The third-order valence-corrected chi connectivity index (χ3v) is 5.39. The molecule has 0 saturated heterocycles. The van der Waals surface area contributed by atoms with Crippen LogP contribution in [0.3, 0.4) is 0 Å². The highest BCUT2D eigenvalue weighted by atomic mass is 32.2. The molecule has 0 aromatic carbocycles. The molecule has 98 valence electrons. The second-order valence-corrected chi connectivity index (χ2v) is 6.85. The Labute approximate surface area is 108 Å². The molecule has 1 amide bonds. The van der Waals surface area contributed by atoms with Gasteiger partial charge in [0.2, 0.25) is 15.9 Å². The average molecular weight is 288 g/mol. The summed E-state index contributed by atoms with van der Waals surface area (Å²) < 4.78 is 26.3. The lowest BCUT2D eigenvalue weighted by Gasteiger charge is -2.33. The maximum absolute atomic E-state index is 11.9. The molecule has 1 aromatic heterocycles. The highest BCUT2D eigenvalue weighted by Gasteiger charge is 2.35. The van der Waals surface area contributed by atoms with Gasteiger partial charge in [0, 0.05) is 17.3 Å². The first-order chi connectivity index (χ1) is 8.42. The fourth-order valence-corrected chi connectivity index (χ4v) is 4.12. The molecular formula is C10H12N2O4S2. The van der Waals surface area contributed by atoms with Gasteiger partial charge in [0.15, 0.2) is 6.29 Å². The summed E-state index contributed by atoms with van der Waals surface area (Å²) in [5, 5.41) is 1.41. The molecule has 1 aromatic rings. The van der Waals surface area contributed by atoms with E-state index in [2.05, 4.69) is 4.72 Å². The molecule has 1 aliphatic rings. The van der Waals surface area contributed by atoms with Crippen molar-refractivity contribution in [1.82, 2.24) is 4.72 Å². The summed E-state index contributed by atoms with van der Waals surface area (Å²) in [6.07, 6.45) is 1.47. The van der Waals surface area contributed by atoms with Gasteiger partial charge in [-0.15, -0.1) is 11.3 Å². The van der Waals surface area contributed by atoms with E-state index >= 15 is 0 Å². The Morgan fingerprint density at radius 1 is 1.50 bits per heavy atom. The third kappa shape index (κ3) is 2.60. The number of sulfonamides is 1. The van der Waals surface area contributed by atoms with E-state index in [1.54, 1.807) is 0 Å². The Hall–Kier alpha value is -1.25. The Balaban J connectivity index is 2.01. The number of hydrogen-bond acceptors (Lipinski definition) is 5. The van der Waals surface area contributed by atoms with Crippen LogP contribution in [0.15, 0.2) is 16.3 Å². The van der Waals surface area contributed by atoms with Gasteiger partial charge in [-0.25, -0.2) is 13.1 Å². The second-order valence-electron chi connectivity index (χ2n) is 4.19. The molecule has 1 heterocycles. The number of nitrogens with one attached hydrogen (secondary N) is 1. The number of amides is 1. The number of rotatable bonds is 5. The van der Waals surface area contributed by atoms with Crippen LogP contribution in [0.2, 0.25) is 0 Å². The normalized spacial score (nSPS) is 23.3. The summed E-state index contributed by atoms with van der Waals surface area (Å²) in [5.41, 5.74) is 5.10. The topological polar surface area (TPSA) is 106 Å². The van der Waals surface area contributed by atoms with Crippen molar-refractivity contribution >= 4 is 33.6 Å². The van der Waals surface area contributed by atoms with E-state index in [0.717, 1.165) is 11.3 Å². The van der Waals surface area contributed by atoms with Crippen LogP contribution in [0.25, 0.3) is 0 Å². The molecule has 0 radical (unpaired) electrons. The quantitative estimate of drug-likeness (QED) is 0.749. The van der Waals surface area contributed by atoms with Gasteiger partial charge in [-0.3, -0.25) is 9.59 Å². The van der Waals surface area contributed by atoms with Crippen molar-refractivity contribution < 1.29 is 18.0 Å². The van der Waals surface area contributed by atoms with Gasteiger partial charge < -0.3 is 5.73 Å². The molecule has 0 unspecified atom stereocenters. The van der Waals surface area contributed by atoms with E-state index < -0.39 is 15.9 Å². The van der Waals surface area contributed by atoms with Crippen LogP contribution in [0.5, 0.6) is 0 Å². The Morgan fingerprint density at radius 2 is 2.17 bits per heavy atom. The summed E-state index contributed by atoms with van der Waals surface area (Å²) in [6, 6.07) is 1.07. The standard InChI is InChI=1S/C10H12N2O4S2/c11-10(14)6-1-7(2-6)12-18(15,16)9-3-8(4-13)17-5-9/h3-7,12H,1-2H2,(H2,11,14). The lowest BCUT2D eigenvalue weighted by atomic mass is 9.80. The molecule has 2 rings (SSSR count). The van der Waals surface area contributed by atoms with Gasteiger partial charge in [-0.2, -0.15) is 0 Å². The predicted octanol–water partition coefficient (Wildman–Crippen LogP) is 0.103. The van der Waals surface area contributed by atoms with Crippen LogP contribution in [0, 0.1) is 5.92 Å². The van der Waals surface area contributed by atoms with E-state index in [1.807, 2.05) is 0 Å². The summed E-state index contributed by atoms with van der Waals surface area (Å²) in [5.74, 6) is -0.644. The second kappa shape index (κ2) is 4.79. The maximum Gasteiger partial charge on any atom is 0.241 e. The van der Waals surface area contributed by atoms with Crippen molar-refractivity contribution in [3.8, 4) is 0 Å². The van der Waals surface area contributed by atoms with Crippen molar-refractivity contribution in [3.63, 3.8) is 0 Å². The minimum absolute atomic E-state index is 0.0807. The lowest BCUT2D eigenvalue weighted by molar-refractivity contribution is -0.124. The van der Waals surface area contributed by atoms with Crippen LogP contribution in [0.4, 0.5) is 0 Å². The average Bonchev–Trinajstić information content (AvgIpc) is 2.71. The Bertz CT molecular complexity index is 572. The molecule has 1 aliphatic carbocycles. The van der Waals surface area contributed by atoms with Crippen LogP contribution < -0.4 is 10.5 Å². The van der Waals surface area contributed by atoms with Gasteiger partial charge in [0.1, 0.15) is 0 Å². The smallest absolute Gasteiger partial charge is 0.241 e. The first kappa shape index (κ1) is 13.2. The lowest BCUT2D eigenvalue weighted by Crippen LogP contribution is -2.48. The van der Waals surface area contributed by atoms with Crippen LogP contribution in [-0.2, 0) is 14.8 Å². The van der Waals surface area contributed by atoms with Crippen molar-refractivity contribution in [1.29, 1.82) is 0 Å².